The quantitative estimate of drug-likeness (QED) is 0.636. The van der Waals surface area contributed by atoms with Crippen LogP contribution >= 0.6 is 0 Å². The largest absolute Gasteiger partial charge is 0.448 e. The molecule has 2 amide bonds. The van der Waals surface area contributed by atoms with Gasteiger partial charge in [-0.3, -0.25) is 9.59 Å². The van der Waals surface area contributed by atoms with E-state index in [0.717, 1.165) is 28.4 Å². The van der Waals surface area contributed by atoms with Gasteiger partial charge in [0, 0.05) is 46.9 Å². The summed E-state index contributed by atoms with van der Waals surface area (Å²) in [6.45, 7) is 4.43. The van der Waals surface area contributed by atoms with Gasteiger partial charge in [-0.25, -0.2) is 10.2 Å². The Balaban J connectivity index is 1.51. The van der Waals surface area contributed by atoms with Crippen LogP contribution in [0.1, 0.15) is 26.7 Å². The van der Waals surface area contributed by atoms with Gasteiger partial charge in [-0.1, -0.05) is 18.2 Å². The van der Waals surface area contributed by atoms with Crippen molar-refractivity contribution >= 4 is 51.0 Å². The number of aryl methyl sites for hydroxylation is 1. The highest BCUT2D eigenvalue weighted by molar-refractivity contribution is 6.37. The zero-order valence-electron chi connectivity index (χ0n) is 16.8. The zero-order valence-corrected chi connectivity index (χ0v) is 16.8. The lowest BCUT2D eigenvalue weighted by atomic mass is 10.1. The van der Waals surface area contributed by atoms with E-state index in [2.05, 4.69) is 39.5 Å². The van der Waals surface area contributed by atoms with E-state index in [-0.39, 0.29) is 24.5 Å². The Morgan fingerprint density at radius 2 is 1.93 bits per heavy atom. The van der Waals surface area contributed by atoms with Crippen LogP contribution in [-0.4, -0.2) is 34.2 Å². The Bertz CT molecular complexity index is 1190. The number of esters is 1. The van der Waals surface area contributed by atoms with Crippen molar-refractivity contribution in [2.75, 3.05) is 5.32 Å². The summed E-state index contributed by atoms with van der Waals surface area (Å²) in [7, 11) is 0. The van der Waals surface area contributed by atoms with Gasteiger partial charge in [0.05, 0.1) is 0 Å². The highest BCUT2D eigenvalue weighted by atomic mass is 16.5. The lowest BCUT2D eigenvalue weighted by Gasteiger charge is -2.16. The summed E-state index contributed by atoms with van der Waals surface area (Å²) in [5, 5.41) is 8.65. The molecule has 0 bridgehead atoms. The maximum absolute atomic E-state index is 12.5. The third-order valence-corrected chi connectivity index (χ3v) is 5.15. The molecule has 0 saturated heterocycles. The summed E-state index contributed by atoms with van der Waals surface area (Å²) in [6, 6.07) is 13.9. The van der Waals surface area contributed by atoms with Gasteiger partial charge in [0.15, 0.2) is 6.10 Å². The third kappa shape index (κ3) is 3.63. The maximum atomic E-state index is 12.5. The number of amides is 2. The maximum Gasteiger partial charge on any atom is 0.355 e. The fourth-order valence-corrected chi connectivity index (χ4v) is 3.62. The number of fused-ring (bicyclic) bond motifs is 3. The van der Waals surface area contributed by atoms with Crippen molar-refractivity contribution in [3.8, 4) is 0 Å². The molecule has 2 aromatic carbocycles. The van der Waals surface area contributed by atoms with Crippen molar-refractivity contribution < 1.29 is 19.1 Å². The minimum atomic E-state index is -1.01. The average Bonchev–Trinajstić information content (AvgIpc) is 3.07. The summed E-state index contributed by atoms with van der Waals surface area (Å²) in [6.07, 6.45) is -0.651. The fraction of sp³-hybridized carbons (Fsp3) is 0.273. The first-order valence-electron chi connectivity index (χ1n) is 9.86. The van der Waals surface area contributed by atoms with Gasteiger partial charge in [0.2, 0.25) is 5.91 Å². The van der Waals surface area contributed by atoms with Crippen molar-refractivity contribution in [1.82, 2.24) is 9.99 Å². The van der Waals surface area contributed by atoms with E-state index in [1.165, 1.54) is 6.92 Å². The number of carbonyl (C=O) groups is 3. The number of nitrogens with one attached hydrogen (secondary N) is 2. The number of anilines is 1. The number of para-hydroxylation sites is 1. The Kier molecular flexibility index (Phi) is 5.22. The lowest BCUT2D eigenvalue weighted by Crippen LogP contribution is -2.35. The van der Waals surface area contributed by atoms with Crippen LogP contribution in [0, 0.1) is 0 Å². The molecule has 4 rings (SSSR count). The van der Waals surface area contributed by atoms with E-state index < -0.39 is 18.0 Å². The van der Waals surface area contributed by atoms with E-state index in [0.29, 0.717) is 5.69 Å². The smallest absolute Gasteiger partial charge is 0.355 e. The van der Waals surface area contributed by atoms with Gasteiger partial charge in [0.25, 0.3) is 5.91 Å². The molecule has 154 valence electrons. The standard InChI is InChI=1S/C22H22N4O4/c1-3-26-18-7-5-4-6-15(18)16-12-14(8-10-19(16)26)23-21(28)13(2)30-22(29)17-9-11-20(27)25-24-17/h4-8,10,12-13H,3,9,11H2,1-2H3,(H,23,28)(H,25,27). The summed E-state index contributed by atoms with van der Waals surface area (Å²) in [5.41, 5.74) is 5.19. The number of aromatic nitrogens is 1. The van der Waals surface area contributed by atoms with E-state index >= 15 is 0 Å². The first kappa shape index (κ1) is 19.6. The molecule has 3 aromatic rings. The molecule has 1 aromatic heterocycles. The molecule has 2 N–H and O–H groups in total. The van der Waals surface area contributed by atoms with Gasteiger partial charge < -0.3 is 14.6 Å². The molecule has 1 atom stereocenters. The SMILES string of the molecule is CCn1c2ccccc2c2cc(NC(=O)C(C)OC(=O)C3=NNC(=O)CC3)ccc21. The molecule has 8 nitrogen and oxygen atoms in total. The molecule has 0 saturated carbocycles. The molecular weight excluding hydrogens is 384 g/mol. The van der Waals surface area contributed by atoms with Gasteiger partial charge in [-0.05, 0) is 38.1 Å². The fourth-order valence-electron chi connectivity index (χ4n) is 3.62. The van der Waals surface area contributed by atoms with Crippen LogP contribution in [0.3, 0.4) is 0 Å². The first-order valence-corrected chi connectivity index (χ1v) is 9.86. The Morgan fingerprint density at radius 3 is 2.67 bits per heavy atom. The Morgan fingerprint density at radius 1 is 1.17 bits per heavy atom. The number of nitrogens with zero attached hydrogens (tertiary/aromatic N) is 2. The van der Waals surface area contributed by atoms with Crippen molar-refractivity contribution in [2.24, 2.45) is 5.10 Å². The van der Waals surface area contributed by atoms with Gasteiger partial charge in [-0.15, -0.1) is 0 Å². The highest BCUT2D eigenvalue weighted by Crippen LogP contribution is 2.31. The molecule has 2 heterocycles. The molecule has 30 heavy (non-hydrogen) atoms. The van der Waals surface area contributed by atoms with E-state index in [1.54, 1.807) is 0 Å². The van der Waals surface area contributed by atoms with E-state index in [9.17, 15) is 14.4 Å². The lowest BCUT2D eigenvalue weighted by molar-refractivity contribution is -0.146. The van der Waals surface area contributed by atoms with Gasteiger partial charge in [-0.2, -0.15) is 5.10 Å². The molecule has 0 aliphatic carbocycles. The molecule has 1 unspecified atom stereocenters. The highest BCUT2D eigenvalue weighted by Gasteiger charge is 2.24. The van der Waals surface area contributed by atoms with Crippen LogP contribution in [-0.2, 0) is 25.7 Å². The third-order valence-electron chi connectivity index (χ3n) is 5.15. The zero-order chi connectivity index (χ0) is 21.3. The van der Waals surface area contributed by atoms with Gasteiger partial charge in [0.1, 0.15) is 5.71 Å². The predicted molar refractivity (Wildman–Crippen MR) is 114 cm³/mol. The van der Waals surface area contributed by atoms with Crippen LogP contribution in [0.2, 0.25) is 0 Å². The number of hydrogen-bond acceptors (Lipinski definition) is 5. The molecular formula is C22H22N4O4. The minimum absolute atomic E-state index is 0.100. The second kappa shape index (κ2) is 7.98. The minimum Gasteiger partial charge on any atom is -0.448 e. The summed E-state index contributed by atoms with van der Waals surface area (Å²) in [4.78, 5) is 35.8. The van der Waals surface area contributed by atoms with Crippen LogP contribution < -0.4 is 10.7 Å². The average molecular weight is 406 g/mol. The monoisotopic (exact) mass is 406 g/mol. The van der Waals surface area contributed by atoms with E-state index in [1.807, 2.05) is 30.3 Å². The molecule has 1 aliphatic heterocycles. The van der Waals surface area contributed by atoms with Crippen LogP contribution in [0.25, 0.3) is 21.8 Å². The van der Waals surface area contributed by atoms with Crippen molar-refractivity contribution in [1.29, 1.82) is 0 Å². The van der Waals surface area contributed by atoms with Crippen LogP contribution in [0.4, 0.5) is 5.69 Å². The van der Waals surface area contributed by atoms with Crippen molar-refractivity contribution in [3.05, 3.63) is 42.5 Å². The number of hydrazone groups is 1. The number of benzene rings is 2. The second-order valence-corrected chi connectivity index (χ2v) is 7.12. The number of rotatable bonds is 5. The molecule has 8 heteroatoms. The number of carbonyl (C=O) groups excluding carboxylic acids is 3. The molecule has 0 fully saturated rings. The molecule has 1 aliphatic rings. The Hall–Kier alpha value is -3.68. The van der Waals surface area contributed by atoms with Crippen LogP contribution in [0.5, 0.6) is 0 Å². The van der Waals surface area contributed by atoms with Crippen LogP contribution in [0.15, 0.2) is 47.6 Å². The van der Waals surface area contributed by atoms with E-state index in [4.69, 9.17) is 4.74 Å². The predicted octanol–water partition coefficient (Wildman–Crippen LogP) is 2.95. The summed E-state index contributed by atoms with van der Waals surface area (Å²) >= 11 is 0. The summed E-state index contributed by atoms with van der Waals surface area (Å²) in [5.74, 6) is -1.40. The van der Waals surface area contributed by atoms with Crippen molar-refractivity contribution in [2.45, 2.75) is 39.3 Å². The molecule has 0 radical (unpaired) electrons. The Labute approximate surface area is 172 Å². The number of hydrogen-bond donors (Lipinski definition) is 2. The van der Waals surface area contributed by atoms with Crippen molar-refractivity contribution in [3.63, 3.8) is 0 Å². The summed E-state index contributed by atoms with van der Waals surface area (Å²) < 4.78 is 7.43. The van der Waals surface area contributed by atoms with Gasteiger partial charge >= 0.3 is 5.97 Å². The normalized spacial score (nSPS) is 14.9. The molecule has 0 spiro atoms. The first-order chi connectivity index (χ1) is 14.5. The second-order valence-electron chi connectivity index (χ2n) is 7.12. The number of ether oxygens (including phenoxy) is 1. The topological polar surface area (TPSA) is 102 Å².